The van der Waals surface area contributed by atoms with Gasteiger partial charge in [0.1, 0.15) is 0 Å². The van der Waals surface area contributed by atoms with Gasteiger partial charge in [0, 0.05) is 30.8 Å². The summed E-state index contributed by atoms with van der Waals surface area (Å²) in [7, 11) is 0. The Balaban J connectivity index is 1.94. The van der Waals surface area contributed by atoms with Crippen LogP contribution >= 0.6 is 0 Å². The van der Waals surface area contributed by atoms with E-state index >= 15 is 0 Å². The van der Waals surface area contributed by atoms with Gasteiger partial charge in [0.25, 0.3) is 0 Å². The van der Waals surface area contributed by atoms with E-state index in [2.05, 4.69) is 30.2 Å². The molecule has 0 saturated heterocycles. The predicted molar refractivity (Wildman–Crippen MR) is 76.2 cm³/mol. The highest BCUT2D eigenvalue weighted by Crippen LogP contribution is 2.30. The zero-order chi connectivity index (χ0) is 13.8. The van der Waals surface area contributed by atoms with E-state index in [1.807, 2.05) is 0 Å². The number of carbonyl (C=O) groups is 1. The first-order valence-electron chi connectivity index (χ1n) is 6.94. The van der Waals surface area contributed by atoms with Crippen LogP contribution in [0.5, 0.6) is 0 Å². The van der Waals surface area contributed by atoms with Crippen LogP contribution in [0.15, 0.2) is 27.9 Å². The van der Waals surface area contributed by atoms with Gasteiger partial charge in [-0.25, -0.2) is 0 Å². The Hall–Kier alpha value is -1.26. The fourth-order valence-corrected chi connectivity index (χ4v) is 2.56. The molecule has 1 aliphatic carbocycles. The van der Waals surface area contributed by atoms with Crippen molar-refractivity contribution in [2.45, 2.75) is 39.2 Å². The Bertz CT molecular complexity index is 447. The molecule has 0 amide bonds. The average molecular weight is 262 g/mol. The van der Waals surface area contributed by atoms with Crippen LogP contribution in [0.25, 0.3) is 0 Å². The first-order chi connectivity index (χ1) is 9.11. The number of ketones is 1. The molecule has 19 heavy (non-hydrogen) atoms. The number of nitrogens with zero attached hydrogens (tertiary/aromatic N) is 1. The van der Waals surface area contributed by atoms with Crippen molar-refractivity contribution in [1.82, 2.24) is 5.32 Å². The highest BCUT2D eigenvalue weighted by Gasteiger charge is 2.24. The monoisotopic (exact) mass is 262 g/mol. The molecule has 104 valence electrons. The van der Waals surface area contributed by atoms with Crippen molar-refractivity contribution < 1.29 is 9.90 Å². The first kappa shape index (κ1) is 14.2. The third kappa shape index (κ3) is 3.39. The molecule has 0 aromatic rings. The van der Waals surface area contributed by atoms with Crippen LogP contribution in [-0.4, -0.2) is 36.3 Å². The third-order valence-corrected chi connectivity index (χ3v) is 3.53. The molecule has 0 aromatic carbocycles. The SMILES string of the molecule is CC(C)C[C@H](CO)NCC1=CCC2=C1N=CCC2=O. The fourth-order valence-electron chi connectivity index (χ4n) is 2.56. The van der Waals surface area contributed by atoms with Crippen LogP contribution in [-0.2, 0) is 4.79 Å². The molecule has 2 aliphatic rings. The number of hydrogen-bond donors (Lipinski definition) is 2. The molecule has 1 heterocycles. The highest BCUT2D eigenvalue weighted by molar-refractivity contribution is 6.07. The minimum Gasteiger partial charge on any atom is -0.395 e. The molecule has 1 aliphatic heterocycles. The van der Waals surface area contributed by atoms with Crippen LogP contribution in [0.2, 0.25) is 0 Å². The average Bonchev–Trinajstić information content (AvgIpc) is 2.79. The quantitative estimate of drug-likeness (QED) is 0.764. The topological polar surface area (TPSA) is 61.7 Å². The second-order valence-electron chi connectivity index (χ2n) is 5.59. The molecule has 4 heteroatoms. The molecule has 0 saturated carbocycles. The third-order valence-electron chi connectivity index (χ3n) is 3.53. The van der Waals surface area contributed by atoms with Crippen LogP contribution in [0.4, 0.5) is 0 Å². The van der Waals surface area contributed by atoms with Crippen molar-refractivity contribution in [3.63, 3.8) is 0 Å². The summed E-state index contributed by atoms with van der Waals surface area (Å²) >= 11 is 0. The van der Waals surface area contributed by atoms with Crippen LogP contribution in [0.3, 0.4) is 0 Å². The van der Waals surface area contributed by atoms with Gasteiger partial charge in [0.2, 0.25) is 0 Å². The summed E-state index contributed by atoms with van der Waals surface area (Å²) in [5.41, 5.74) is 2.79. The number of carbonyl (C=O) groups excluding carboxylic acids is 1. The van der Waals surface area contributed by atoms with Gasteiger partial charge in [0.05, 0.1) is 12.3 Å². The Morgan fingerprint density at radius 3 is 2.89 bits per heavy atom. The number of rotatable bonds is 6. The second-order valence-corrected chi connectivity index (χ2v) is 5.59. The maximum atomic E-state index is 11.7. The lowest BCUT2D eigenvalue weighted by molar-refractivity contribution is -0.114. The van der Waals surface area contributed by atoms with E-state index in [0.717, 1.165) is 23.3 Å². The molecular weight excluding hydrogens is 240 g/mol. The number of aliphatic hydroxyl groups excluding tert-OH is 1. The van der Waals surface area contributed by atoms with Crippen molar-refractivity contribution in [2.24, 2.45) is 10.9 Å². The van der Waals surface area contributed by atoms with Gasteiger partial charge in [-0.1, -0.05) is 19.9 Å². The van der Waals surface area contributed by atoms with E-state index in [1.54, 1.807) is 6.21 Å². The van der Waals surface area contributed by atoms with Gasteiger partial charge in [-0.2, -0.15) is 0 Å². The van der Waals surface area contributed by atoms with E-state index in [4.69, 9.17) is 0 Å². The number of aliphatic imine (C=N–C) groups is 1. The molecule has 4 nitrogen and oxygen atoms in total. The van der Waals surface area contributed by atoms with Crippen LogP contribution < -0.4 is 5.32 Å². The van der Waals surface area contributed by atoms with Gasteiger partial charge in [-0.3, -0.25) is 9.79 Å². The maximum Gasteiger partial charge on any atom is 0.166 e. The summed E-state index contributed by atoms with van der Waals surface area (Å²) < 4.78 is 0. The Morgan fingerprint density at radius 1 is 1.42 bits per heavy atom. The minimum absolute atomic E-state index is 0.105. The van der Waals surface area contributed by atoms with E-state index in [0.29, 0.717) is 25.3 Å². The van der Waals surface area contributed by atoms with E-state index < -0.39 is 0 Å². The minimum atomic E-state index is 0.105. The van der Waals surface area contributed by atoms with Crippen molar-refractivity contribution in [3.05, 3.63) is 22.9 Å². The fraction of sp³-hybridized carbons (Fsp3) is 0.600. The molecule has 2 N–H and O–H groups in total. The van der Waals surface area contributed by atoms with Gasteiger partial charge < -0.3 is 10.4 Å². The number of Topliss-reactive ketones (excluding diaryl/α,β-unsaturated/α-hetero) is 1. The Kier molecular flexibility index (Phi) is 4.66. The first-order valence-corrected chi connectivity index (χ1v) is 6.94. The van der Waals surface area contributed by atoms with E-state index in [9.17, 15) is 9.90 Å². The predicted octanol–water partition coefficient (Wildman–Crippen LogP) is 1.61. The molecule has 0 radical (unpaired) electrons. The van der Waals surface area contributed by atoms with Gasteiger partial charge in [0.15, 0.2) is 5.78 Å². The van der Waals surface area contributed by atoms with Crippen molar-refractivity contribution in [1.29, 1.82) is 0 Å². The summed E-state index contributed by atoms with van der Waals surface area (Å²) in [6, 6.07) is 0.105. The van der Waals surface area contributed by atoms with Gasteiger partial charge in [-0.05, 0) is 24.3 Å². The smallest absolute Gasteiger partial charge is 0.166 e. The standard InChI is InChI=1S/C15H22N2O2/c1-10(2)7-12(9-18)17-8-11-3-4-13-14(19)5-6-16-15(11)13/h3,6,10,12,17-18H,4-5,7-9H2,1-2H3/t12-/m1/s1. The summed E-state index contributed by atoms with van der Waals surface area (Å²) in [4.78, 5) is 16.1. The van der Waals surface area contributed by atoms with Crippen molar-refractivity contribution >= 4 is 12.0 Å². The largest absolute Gasteiger partial charge is 0.395 e. The van der Waals surface area contributed by atoms with Crippen molar-refractivity contribution in [2.75, 3.05) is 13.2 Å². The van der Waals surface area contributed by atoms with Gasteiger partial charge >= 0.3 is 0 Å². The molecule has 0 spiro atoms. The zero-order valence-electron chi connectivity index (χ0n) is 11.6. The van der Waals surface area contributed by atoms with E-state index in [1.165, 1.54) is 0 Å². The number of allylic oxidation sites excluding steroid dienone is 2. The highest BCUT2D eigenvalue weighted by atomic mass is 16.3. The van der Waals surface area contributed by atoms with Crippen LogP contribution in [0, 0.1) is 5.92 Å². The summed E-state index contributed by atoms with van der Waals surface area (Å²) in [6.45, 7) is 5.09. The molecule has 2 rings (SSSR count). The molecular formula is C15H22N2O2. The molecule has 0 aromatic heterocycles. The Morgan fingerprint density at radius 2 is 2.21 bits per heavy atom. The molecule has 0 unspecified atom stereocenters. The maximum absolute atomic E-state index is 11.7. The molecule has 0 bridgehead atoms. The van der Waals surface area contributed by atoms with Crippen molar-refractivity contribution in [3.8, 4) is 0 Å². The normalized spacial score (nSPS) is 20.0. The summed E-state index contributed by atoms with van der Waals surface area (Å²) in [6.07, 6.45) is 5.84. The lowest BCUT2D eigenvalue weighted by Crippen LogP contribution is -2.35. The lowest BCUT2D eigenvalue weighted by Gasteiger charge is -2.19. The summed E-state index contributed by atoms with van der Waals surface area (Å²) in [5.74, 6) is 0.739. The second kappa shape index (κ2) is 6.26. The molecule has 0 fully saturated rings. The zero-order valence-corrected chi connectivity index (χ0v) is 11.6. The molecule has 1 atom stereocenters. The Labute approximate surface area is 114 Å². The lowest BCUT2D eigenvalue weighted by atomic mass is 10.0. The summed E-state index contributed by atoms with van der Waals surface area (Å²) in [5, 5.41) is 12.7. The van der Waals surface area contributed by atoms with E-state index in [-0.39, 0.29) is 18.4 Å². The van der Waals surface area contributed by atoms with Gasteiger partial charge in [-0.15, -0.1) is 0 Å². The number of nitrogens with one attached hydrogen (secondary N) is 1. The number of aliphatic hydroxyl groups is 1. The number of hydrogen-bond acceptors (Lipinski definition) is 4. The van der Waals surface area contributed by atoms with Crippen LogP contribution in [0.1, 0.15) is 33.1 Å².